The zero-order chi connectivity index (χ0) is 28.4. The fourth-order valence-corrected chi connectivity index (χ4v) is 4.19. The van der Waals surface area contributed by atoms with E-state index in [0.29, 0.717) is 22.8 Å². The van der Waals surface area contributed by atoms with Gasteiger partial charge in [0.15, 0.2) is 11.5 Å². The molecule has 2 amide bonds. The van der Waals surface area contributed by atoms with Crippen LogP contribution in [0.15, 0.2) is 85.2 Å². The monoisotopic (exact) mass is 539 g/mol. The quantitative estimate of drug-likeness (QED) is 0.217. The number of pyridine rings is 1. The lowest BCUT2D eigenvalue weighted by Gasteiger charge is -2.17. The number of nitrogens with one attached hydrogen (secondary N) is 3. The van der Waals surface area contributed by atoms with Crippen LogP contribution in [0.1, 0.15) is 42.7 Å². The molecule has 0 saturated carbocycles. The Morgan fingerprint density at radius 2 is 1.65 bits per heavy atom. The van der Waals surface area contributed by atoms with E-state index in [1.54, 1.807) is 43.6 Å². The molecule has 5 rings (SSSR count). The molecular weight excluding hydrogens is 512 g/mol. The number of rotatable bonds is 7. The molecule has 0 aliphatic carbocycles. The molecule has 9 heteroatoms. The van der Waals surface area contributed by atoms with Crippen molar-refractivity contribution in [3.8, 4) is 22.8 Å². The number of anilines is 1. The molecule has 0 spiro atoms. The summed E-state index contributed by atoms with van der Waals surface area (Å²) < 4.78 is 27.6. The summed E-state index contributed by atoms with van der Waals surface area (Å²) in [4.78, 5) is 37.9. The molecule has 2 aromatic heterocycles. The van der Waals surface area contributed by atoms with Gasteiger partial charge in [-0.25, -0.2) is 13.8 Å². The Morgan fingerprint density at radius 1 is 0.925 bits per heavy atom. The van der Waals surface area contributed by atoms with E-state index in [0.717, 1.165) is 30.2 Å². The van der Waals surface area contributed by atoms with E-state index in [-0.39, 0.29) is 17.1 Å². The number of benzene rings is 3. The molecule has 0 unspecified atom stereocenters. The maximum atomic E-state index is 14.3. The minimum absolute atomic E-state index is 0.235. The third-order valence-corrected chi connectivity index (χ3v) is 6.47. The predicted octanol–water partition coefficient (Wildman–Crippen LogP) is 6.61. The van der Waals surface area contributed by atoms with Crippen molar-refractivity contribution in [3.05, 3.63) is 102 Å². The van der Waals surface area contributed by atoms with Crippen molar-refractivity contribution in [1.82, 2.24) is 20.3 Å². The third kappa shape index (κ3) is 5.88. The van der Waals surface area contributed by atoms with Crippen LogP contribution in [-0.4, -0.2) is 32.4 Å². The van der Waals surface area contributed by atoms with E-state index < -0.39 is 23.5 Å². The average molecular weight is 540 g/mol. The number of alkyl halides is 1. The molecule has 40 heavy (non-hydrogen) atoms. The van der Waals surface area contributed by atoms with Gasteiger partial charge in [-0.3, -0.25) is 14.6 Å². The first kappa shape index (κ1) is 26.7. The summed E-state index contributed by atoms with van der Waals surface area (Å²) in [6.45, 7) is 4.09. The molecular formula is C31H27F2N5O2. The highest BCUT2D eigenvalue weighted by Crippen LogP contribution is 2.28. The van der Waals surface area contributed by atoms with Crippen LogP contribution in [0.5, 0.6) is 0 Å². The Balaban J connectivity index is 1.48. The van der Waals surface area contributed by atoms with E-state index in [1.165, 1.54) is 18.2 Å². The third-order valence-electron chi connectivity index (χ3n) is 6.47. The number of carbonyl (C=O) groups is 2. The number of amides is 2. The maximum absolute atomic E-state index is 14.3. The Morgan fingerprint density at radius 3 is 2.38 bits per heavy atom. The molecule has 3 N–H and O–H groups in total. The van der Waals surface area contributed by atoms with E-state index in [1.807, 2.05) is 30.3 Å². The molecule has 0 bridgehead atoms. The van der Waals surface area contributed by atoms with E-state index in [9.17, 15) is 18.4 Å². The van der Waals surface area contributed by atoms with Crippen LogP contribution in [0.4, 0.5) is 14.5 Å². The molecule has 0 saturated heterocycles. The molecule has 202 valence electrons. The lowest BCUT2D eigenvalue weighted by atomic mass is 10.0. The normalized spacial score (nSPS) is 12.2. The molecule has 0 aliphatic rings. The fraction of sp³-hybridized carbons (Fsp3) is 0.161. The standard InChI is InChI=1S/C31H27F2N5O2/c1-18(19-8-10-24(32)11-9-19)36-29(39)23-12-22(13-25(14-23)37-30(40)31(2,3)33)27-17-35-28(38-27)26-15-20-6-4-5-7-21(20)16-34-26/h4-18H,1-3H3,(H,35,38)(H,36,39)(H,37,40)/t18-/m0/s1. The summed E-state index contributed by atoms with van der Waals surface area (Å²) in [6, 6.07) is 20.0. The van der Waals surface area contributed by atoms with E-state index in [4.69, 9.17) is 0 Å². The molecule has 2 heterocycles. The van der Waals surface area contributed by atoms with Crippen LogP contribution in [0, 0.1) is 5.82 Å². The van der Waals surface area contributed by atoms with Crippen LogP contribution in [0.25, 0.3) is 33.5 Å². The largest absolute Gasteiger partial charge is 0.346 e. The number of hydrogen-bond donors (Lipinski definition) is 3. The SMILES string of the molecule is C[C@H](NC(=O)c1cc(NC(=O)C(C)(C)F)cc(-c2cnc(-c3cc4ccccc4cn3)[nH]2)c1)c1ccc(F)cc1. The molecule has 0 aliphatic heterocycles. The average Bonchev–Trinajstić information content (AvgIpc) is 3.43. The Bertz CT molecular complexity index is 1710. The van der Waals surface area contributed by atoms with Gasteiger partial charge in [0.2, 0.25) is 0 Å². The van der Waals surface area contributed by atoms with Gasteiger partial charge in [-0.2, -0.15) is 0 Å². The van der Waals surface area contributed by atoms with Gasteiger partial charge in [0.25, 0.3) is 11.8 Å². The second-order valence-electron chi connectivity index (χ2n) is 10.0. The first-order valence-electron chi connectivity index (χ1n) is 12.7. The van der Waals surface area contributed by atoms with Gasteiger partial charge in [-0.1, -0.05) is 36.4 Å². The highest BCUT2D eigenvalue weighted by atomic mass is 19.1. The van der Waals surface area contributed by atoms with Gasteiger partial charge >= 0.3 is 0 Å². The van der Waals surface area contributed by atoms with Crippen LogP contribution in [0.3, 0.4) is 0 Å². The van der Waals surface area contributed by atoms with Crippen molar-refractivity contribution < 1.29 is 18.4 Å². The van der Waals surface area contributed by atoms with Crippen molar-refractivity contribution in [1.29, 1.82) is 0 Å². The molecule has 0 fully saturated rings. The first-order chi connectivity index (χ1) is 19.1. The highest BCUT2D eigenvalue weighted by Gasteiger charge is 2.27. The van der Waals surface area contributed by atoms with Crippen molar-refractivity contribution >= 4 is 28.3 Å². The topological polar surface area (TPSA) is 99.8 Å². The molecule has 3 aromatic carbocycles. The minimum Gasteiger partial charge on any atom is -0.346 e. The van der Waals surface area contributed by atoms with Gasteiger partial charge < -0.3 is 15.6 Å². The van der Waals surface area contributed by atoms with Crippen molar-refractivity contribution in [3.63, 3.8) is 0 Å². The summed E-state index contributed by atoms with van der Waals surface area (Å²) in [7, 11) is 0. The van der Waals surface area contributed by atoms with Crippen molar-refractivity contribution in [2.75, 3.05) is 5.32 Å². The van der Waals surface area contributed by atoms with Crippen LogP contribution < -0.4 is 10.6 Å². The number of H-pyrrole nitrogens is 1. The Kier molecular flexibility index (Phi) is 7.13. The number of aromatic amines is 1. The van der Waals surface area contributed by atoms with E-state index >= 15 is 0 Å². The number of nitrogens with zero attached hydrogens (tertiary/aromatic N) is 2. The second-order valence-corrected chi connectivity index (χ2v) is 10.0. The molecule has 7 nitrogen and oxygen atoms in total. The zero-order valence-electron chi connectivity index (χ0n) is 22.1. The summed E-state index contributed by atoms with van der Waals surface area (Å²) in [5, 5.41) is 7.46. The lowest BCUT2D eigenvalue weighted by molar-refractivity contribution is -0.125. The van der Waals surface area contributed by atoms with Crippen LogP contribution >= 0.6 is 0 Å². The molecule has 5 aromatic rings. The van der Waals surface area contributed by atoms with Crippen molar-refractivity contribution in [2.24, 2.45) is 0 Å². The summed E-state index contributed by atoms with van der Waals surface area (Å²) in [5.41, 5.74) is 0.832. The fourth-order valence-electron chi connectivity index (χ4n) is 4.19. The van der Waals surface area contributed by atoms with Crippen LogP contribution in [0.2, 0.25) is 0 Å². The Labute approximate surface area is 229 Å². The first-order valence-corrected chi connectivity index (χ1v) is 12.7. The van der Waals surface area contributed by atoms with E-state index in [2.05, 4.69) is 25.6 Å². The lowest BCUT2D eigenvalue weighted by Crippen LogP contribution is -2.32. The predicted molar refractivity (Wildman–Crippen MR) is 151 cm³/mol. The smallest absolute Gasteiger partial charge is 0.261 e. The minimum atomic E-state index is -2.13. The summed E-state index contributed by atoms with van der Waals surface area (Å²) in [5.74, 6) is -1.12. The maximum Gasteiger partial charge on any atom is 0.261 e. The van der Waals surface area contributed by atoms with Crippen LogP contribution in [-0.2, 0) is 4.79 Å². The number of fused-ring (bicyclic) bond motifs is 1. The zero-order valence-corrected chi connectivity index (χ0v) is 22.1. The van der Waals surface area contributed by atoms with Gasteiger partial charge in [-0.15, -0.1) is 0 Å². The molecule has 1 atom stereocenters. The number of halogens is 2. The van der Waals surface area contributed by atoms with Gasteiger partial charge in [0.05, 0.1) is 17.9 Å². The Hall–Kier alpha value is -4.92. The molecule has 0 radical (unpaired) electrons. The van der Waals surface area contributed by atoms with Gasteiger partial charge in [0.1, 0.15) is 11.5 Å². The highest BCUT2D eigenvalue weighted by molar-refractivity contribution is 6.01. The summed E-state index contributed by atoms with van der Waals surface area (Å²) in [6.07, 6.45) is 3.38. The number of carbonyl (C=O) groups excluding carboxylic acids is 2. The van der Waals surface area contributed by atoms with Gasteiger partial charge in [0, 0.05) is 28.4 Å². The number of aromatic nitrogens is 3. The van der Waals surface area contributed by atoms with Crippen molar-refractivity contribution in [2.45, 2.75) is 32.5 Å². The van der Waals surface area contributed by atoms with Gasteiger partial charge in [-0.05, 0) is 68.1 Å². The number of imidazole rings is 1. The summed E-state index contributed by atoms with van der Waals surface area (Å²) >= 11 is 0. The number of hydrogen-bond acceptors (Lipinski definition) is 4. The second kappa shape index (κ2) is 10.7.